The van der Waals surface area contributed by atoms with E-state index in [0.717, 1.165) is 6.42 Å². The van der Waals surface area contributed by atoms with Crippen molar-refractivity contribution in [1.29, 1.82) is 0 Å². The molecule has 2 unspecified atom stereocenters. The predicted molar refractivity (Wildman–Crippen MR) is 66.0 cm³/mol. The number of hydrogen-bond acceptors (Lipinski definition) is 2. The fourth-order valence-corrected chi connectivity index (χ4v) is 2.83. The molecule has 0 saturated heterocycles. The van der Waals surface area contributed by atoms with Crippen molar-refractivity contribution < 1.29 is 9.53 Å². The molecule has 0 amide bonds. The van der Waals surface area contributed by atoms with E-state index in [4.69, 9.17) is 4.74 Å². The van der Waals surface area contributed by atoms with Gasteiger partial charge in [0.05, 0.1) is 0 Å². The summed E-state index contributed by atoms with van der Waals surface area (Å²) in [6.45, 7) is 16.6. The van der Waals surface area contributed by atoms with Crippen LogP contribution in [0, 0.1) is 16.7 Å². The fourth-order valence-electron chi connectivity index (χ4n) is 2.83. The standard InChI is InChI=1S/C14H24O2/c1-8-11(15)16-14(7)9-10(2)12(3,4)13(14,5)6/h8,10H,1,9H2,2-7H3. The van der Waals surface area contributed by atoms with Crippen LogP contribution >= 0.6 is 0 Å². The first-order valence-corrected chi connectivity index (χ1v) is 5.94. The van der Waals surface area contributed by atoms with Crippen LogP contribution in [-0.2, 0) is 9.53 Å². The Labute approximate surface area is 99.1 Å². The van der Waals surface area contributed by atoms with Gasteiger partial charge in [-0.25, -0.2) is 4.79 Å². The first-order valence-electron chi connectivity index (χ1n) is 5.94. The SMILES string of the molecule is C=CC(=O)OC1(C)CC(C)C(C)(C)C1(C)C. The quantitative estimate of drug-likeness (QED) is 0.529. The Morgan fingerprint density at radius 2 is 1.81 bits per heavy atom. The first kappa shape index (κ1) is 13.3. The smallest absolute Gasteiger partial charge is 0.330 e. The number of hydrogen-bond donors (Lipinski definition) is 0. The summed E-state index contributed by atoms with van der Waals surface area (Å²) in [6.07, 6.45) is 2.16. The summed E-state index contributed by atoms with van der Waals surface area (Å²) in [5.74, 6) is 0.214. The number of ether oxygens (including phenoxy) is 1. The molecule has 1 rings (SSSR count). The van der Waals surface area contributed by atoms with Crippen molar-refractivity contribution in [1.82, 2.24) is 0 Å². The van der Waals surface area contributed by atoms with Gasteiger partial charge in [-0.05, 0) is 24.7 Å². The maximum absolute atomic E-state index is 11.4. The molecule has 2 heteroatoms. The van der Waals surface area contributed by atoms with E-state index in [1.165, 1.54) is 6.08 Å². The summed E-state index contributed by atoms with van der Waals surface area (Å²) >= 11 is 0. The minimum atomic E-state index is -0.402. The second-order valence-electron chi connectivity index (χ2n) is 6.31. The van der Waals surface area contributed by atoms with Gasteiger partial charge in [0.15, 0.2) is 0 Å². The molecule has 1 saturated carbocycles. The van der Waals surface area contributed by atoms with Crippen LogP contribution in [0.1, 0.15) is 48.0 Å². The van der Waals surface area contributed by atoms with Crippen LogP contribution in [0.25, 0.3) is 0 Å². The van der Waals surface area contributed by atoms with Gasteiger partial charge < -0.3 is 4.74 Å². The lowest BCUT2D eigenvalue weighted by atomic mass is 9.63. The van der Waals surface area contributed by atoms with E-state index >= 15 is 0 Å². The molecule has 92 valence electrons. The molecule has 0 bridgehead atoms. The maximum Gasteiger partial charge on any atom is 0.330 e. The Bertz CT molecular complexity index is 315. The summed E-state index contributed by atoms with van der Waals surface area (Å²) in [6, 6.07) is 0. The van der Waals surface area contributed by atoms with Crippen molar-refractivity contribution in [3.8, 4) is 0 Å². The van der Waals surface area contributed by atoms with Gasteiger partial charge >= 0.3 is 5.97 Å². The van der Waals surface area contributed by atoms with Crippen LogP contribution in [0.2, 0.25) is 0 Å². The average molecular weight is 224 g/mol. The zero-order valence-electron chi connectivity index (χ0n) is 11.4. The number of carbonyl (C=O) groups excluding carboxylic acids is 1. The van der Waals surface area contributed by atoms with Gasteiger partial charge in [-0.1, -0.05) is 41.2 Å². The van der Waals surface area contributed by atoms with Crippen LogP contribution in [0.15, 0.2) is 12.7 Å². The topological polar surface area (TPSA) is 26.3 Å². The number of carbonyl (C=O) groups is 1. The third kappa shape index (κ3) is 1.59. The molecule has 0 aromatic heterocycles. The lowest BCUT2D eigenvalue weighted by Crippen LogP contribution is -2.46. The third-order valence-electron chi connectivity index (χ3n) is 5.35. The summed E-state index contributed by atoms with van der Waals surface area (Å²) in [5.41, 5.74) is -0.289. The molecule has 0 N–H and O–H groups in total. The molecule has 0 radical (unpaired) electrons. The molecule has 0 spiro atoms. The highest BCUT2D eigenvalue weighted by atomic mass is 16.6. The monoisotopic (exact) mass is 224 g/mol. The molecule has 0 aromatic carbocycles. The lowest BCUT2D eigenvalue weighted by molar-refractivity contribution is -0.166. The van der Waals surface area contributed by atoms with E-state index in [0.29, 0.717) is 5.92 Å². The normalized spacial score (nSPS) is 35.8. The molecule has 1 aliphatic carbocycles. The molecule has 1 aliphatic rings. The summed E-state index contributed by atoms with van der Waals surface area (Å²) < 4.78 is 5.61. The second kappa shape index (κ2) is 3.61. The van der Waals surface area contributed by atoms with Crippen molar-refractivity contribution in [2.75, 3.05) is 0 Å². The maximum atomic E-state index is 11.4. The molecule has 1 fully saturated rings. The van der Waals surface area contributed by atoms with E-state index in [2.05, 4.69) is 41.2 Å². The van der Waals surface area contributed by atoms with Crippen molar-refractivity contribution >= 4 is 5.97 Å². The van der Waals surface area contributed by atoms with Crippen molar-refractivity contribution in [2.45, 2.75) is 53.6 Å². The molecular formula is C14H24O2. The van der Waals surface area contributed by atoms with Crippen LogP contribution < -0.4 is 0 Å². The molecule has 0 aromatic rings. The van der Waals surface area contributed by atoms with Gasteiger partial charge in [0.1, 0.15) is 5.60 Å². The number of rotatable bonds is 2. The van der Waals surface area contributed by atoms with Crippen LogP contribution in [0.4, 0.5) is 0 Å². The van der Waals surface area contributed by atoms with E-state index < -0.39 is 5.60 Å². The first-order chi connectivity index (χ1) is 7.08. The Morgan fingerprint density at radius 3 is 2.12 bits per heavy atom. The molecule has 0 aliphatic heterocycles. The third-order valence-corrected chi connectivity index (χ3v) is 5.35. The van der Waals surface area contributed by atoms with E-state index in [-0.39, 0.29) is 16.8 Å². The Hall–Kier alpha value is -0.790. The predicted octanol–water partition coefficient (Wildman–Crippen LogP) is 3.57. The zero-order chi connectivity index (χ0) is 12.8. The molecule has 2 nitrogen and oxygen atoms in total. The van der Waals surface area contributed by atoms with Gasteiger partial charge in [-0.15, -0.1) is 0 Å². The highest BCUT2D eigenvalue weighted by molar-refractivity contribution is 5.81. The van der Waals surface area contributed by atoms with Gasteiger partial charge in [0.2, 0.25) is 0 Å². The largest absolute Gasteiger partial charge is 0.456 e. The highest BCUT2D eigenvalue weighted by Crippen LogP contribution is 2.61. The van der Waals surface area contributed by atoms with Gasteiger partial charge in [-0.2, -0.15) is 0 Å². The molecule has 2 atom stereocenters. The number of esters is 1. The van der Waals surface area contributed by atoms with Gasteiger partial charge in [-0.3, -0.25) is 0 Å². The summed E-state index contributed by atoms with van der Waals surface area (Å²) in [7, 11) is 0. The van der Waals surface area contributed by atoms with Gasteiger partial charge in [0.25, 0.3) is 0 Å². The Morgan fingerprint density at radius 1 is 1.31 bits per heavy atom. The molecule has 16 heavy (non-hydrogen) atoms. The minimum absolute atomic E-state index is 0.0436. The summed E-state index contributed by atoms with van der Waals surface area (Å²) in [4.78, 5) is 11.4. The van der Waals surface area contributed by atoms with E-state index in [9.17, 15) is 4.79 Å². The van der Waals surface area contributed by atoms with Crippen molar-refractivity contribution in [2.24, 2.45) is 16.7 Å². The van der Waals surface area contributed by atoms with Crippen LogP contribution in [0.5, 0.6) is 0 Å². The average Bonchev–Trinajstić information content (AvgIpc) is 2.25. The van der Waals surface area contributed by atoms with Crippen molar-refractivity contribution in [3.63, 3.8) is 0 Å². The Balaban J connectivity index is 3.07. The second-order valence-corrected chi connectivity index (χ2v) is 6.31. The fraction of sp³-hybridized carbons (Fsp3) is 0.786. The lowest BCUT2D eigenvalue weighted by Gasteiger charge is -2.45. The zero-order valence-corrected chi connectivity index (χ0v) is 11.4. The Kier molecular flexibility index (Phi) is 3.00. The van der Waals surface area contributed by atoms with E-state index in [1.807, 2.05) is 6.92 Å². The van der Waals surface area contributed by atoms with Gasteiger partial charge in [0, 0.05) is 11.5 Å². The van der Waals surface area contributed by atoms with Crippen molar-refractivity contribution in [3.05, 3.63) is 12.7 Å². The van der Waals surface area contributed by atoms with Crippen LogP contribution in [-0.4, -0.2) is 11.6 Å². The minimum Gasteiger partial charge on any atom is -0.456 e. The highest BCUT2D eigenvalue weighted by Gasteiger charge is 2.61. The molecular weight excluding hydrogens is 200 g/mol. The van der Waals surface area contributed by atoms with Crippen LogP contribution in [0.3, 0.4) is 0 Å². The van der Waals surface area contributed by atoms with E-state index in [1.54, 1.807) is 0 Å². The summed E-state index contributed by atoms with van der Waals surface area (Å²) in [5, 5.41) is 0. The molecule has 0 heterocycles.